The van der Waals surface area contributed by atoms with Crippen LogP contribution in [0.3, 0.4) is 0 Å². The standard InChI is InChI=1S/C11H11BrINO/c1-3-6-14(2)11(15)9-7-8(13)4-5-10(9)12/h3-5,7H,1,6H2,2H3. The number of rotatable bonds is 3. The summed E-state index contributed by atoms with van der Waals surface area (Å²) in [6.07, 6.45) is 1.71. The summed E-state index contributed by atoms with van der Waals surface area (Å²) in [5.41, 5.74) is 0.686. The van der Waals surface area contributed by atoms with Crippen molar-refractivity contribution >= 4 is 44.4 Å². The molecule has 4 heteroatoms. The first kappa shape index (κ1) is 12.7. The molecule has 0 aliphatic heterocycles. The van der Waals surface area contributed by atoms with Crippen molar-refractivity contribution in [2.75, 3.05) is 13.6 Å². The van der Waals surface area contributed by atoms with Crippen LogP contribution in [0.5, 0.6) is 0 Å². The van der Waals surface area contributed by atoms with E-state index >= 15 is 0 Å². The minimum absolute atomic E-state index is 0.000269. The number of nitrogens with zero attached hydrogens (tertiary/aromatic N) is 1. The van der Waals surface area contributed by atoms with Crippen LogP contribution in [0.1, 0.15) is 10.4 Å². The molecule has 0 spiro atoms. The van der Waals surface area contributed by atoms with E-state index in [0.717, 1.165) is 8.04 Å². The van der Waals surface area contributed by atoms with E-state index in [1.165, 1.54) is 0 Å². The smallest absolute Gasteiger partial charge is 0.255 e. The molecule has 0 radical (unpaired) electrons. The molecule has 0 unspecified atom stereocenters. The van der Waals surface area contributed by atoms with Crippen molar-refractivity contribution < 1.29 is 4.79 Å². The average Bonchev–Trinajstić information content (AvgIpc) is 2.21. The molecular formula is C11H11BrINO. The minimum Gasteiger partial charge on any atom is -0.338 e. The summed E-state index contributed by atoms with van der Waals surface area (Å²) in [6.45, 7) is 4.16. The molecule has 0 saturated carbocycles. The lowest BCUT2D eigenvalue weighted by atomic mass is 10.2. The van der Waals surface area contributed by atoms with Crippen LogP contribution in [0, 0.1) is 3.57 Å². The fourth-order valence-corrected chi connectivity index (χ4v) is 2.05. The van der Waals surface area contributed by atoms with E-state index in [0.29, 0.717) is 12.1 Å². The van der Waals surface area contributed by atoms with Gasteiger partial charge >= 0.3 is 0 Å². The van der Waals surface area contributed by atoms with Gasteiger partial charge in [0.15, 0.2) is 0 Å². The fourth-order valence-electron chi connectivity index (χ4n) is 1.14. The zero-order valence-electron chi connectivity index (χ0n) is 8.34. The highest BCUT2D eigenvalue weighted by Gasteiger charge is 2.13. The van der Waals surface area contributed by atoms with Crippen LogP contribution in [-0.4, -0.2) is 24.4 Å². The minimum atomic E-state index is 0.000269. The molecule has 0 atom stereocenters. The van der Waals surface area contributed by atoms with Gasteiger partial charge in [0.2, 0.25) is 0 Å². The van der Waals surface area contributed by atoms with Gasteiger partial charge in [0, 0.05) is 21.6 Å². The predicted octanol–water partition coefficient (Wildman–Crippen LogP) is 3.31. The summed E-state index contributed by atoms with van der Waals surface area (Å²) in [7, 11) is 1.76. The number of carbonyl (C=O) groups excluding carboxylic acids is 1. The average molecular weight is 380 g/mol. The van der Waals surface area contributed by atoms with E-state index in [4.69, 9.17) is 0 Å². The molecule has 0 bridgehead atoms. The highest BCUT2D eigenvalue weighted by atomic mass is 127. The highest BCUT2D eigenvalue weighted by molar-refractivity contribution is 14.1. The lowest BCUT2D eigenvalue weighted by Gasteiger charge is -2.15. The van der Waals surface area contributed by atoms with Crippen LogP contribution in [0.4, 0.5) is 0 Å². The molecule has 0 saturated heterocycles. The van der Waals surface area contributed by atoms with Gasteiger partial charge in [-0.2, -0.15) is 0 Å². The Kier molecular flexibility index (Phi) is 4.79. The third-order valence-electron chi connectivity index (χ3n) is 1.91. The second-order valence-corrected chi connectivity index (χ2v) is 5.20. The Labute approximate surface area is 112 Å². The number of hydrogen-bond donors (Lipinski definition) is 0. The second kappa shape index (κ2) is 5.65. The third kappa shape index (κ3) is 3.31. The summed E-state index contributed by atoms with van der Waals surface area (Å²) < 4.78 is 1.87. The first-order valence-electron chi connectivity index (χ1n) is 4.37. The lowest BCUT2D eigenvalue weighted by Crippen LogP contribution is -2.27. The van der Waals surface area contributed by atoms with Crippen LogP contribution in [-0.2, 0) is 0 Å². The summed E-state index contributed by atoms with van der Waals surface area (Å²) in [5.74, 6) is 0.000269. The van der Waals surface area contributed by atoms with Gasteiger partial charge in [-0.05, 0) is 56.7 Å². The Morgan fingerprint density at radius 1 is 1.67 bits per heavy atom. The number of benzene rings is 1. The molecule has 80 valence electrons. The van der Waals surface area contributed by atoms with Crippen molar-refractivity contribution in [2.24, 2.45) is 0 Å². The van der Waals surface area contributed by atoms with Gasteiger partial charge < -0.3 is 4.90 Å². The van der Waals surface area contributed by atoms with Gasteiger partial charge in [-0.15, -0.1) is 6.58 Å². The van der Waals surface area contributed by atoms with E-state index in [9.17, 15) is 4.79 Å². The number of hydrogen-bond acceptors (Lipinski definition) is 1. The van der Waals surface area contributed by atoms with Gasteiger partial charge in [0.1, 0.15) is 0 Å². The van der Waals surface area contributed by atoms with Gasteiger partial charge in [-0.1, -0.05) is 6.08 Å². The Morgan fingerprint density at radius 3 is 2.93 bits per heavy atom. The van der Waals surface area contributed by atoms with Crippen molar-refractivity contribution in [3.8, 4) is 0 Å². The SMILES string of the molecule is C=CCN(C)C(=O)c1cc(I)ccc1Br. The largest absolute Gasteiger partial charge is 0.338 e. The molecule has 0 heterocycles. The summed E-state index contributed by atoms with van der Waals surface area (Å²) >= 11 is 5.56. The fraction of sp³-hybridized carbons (Fsp3) is 0.182. The molecule has 1 rings (SSSR count). The number of amides is 1. The quantitative estimate of drug-likeness (QED) is 0.582. The van der Waals surface area contributed by atoms with E-state index in [2.05, 4.69) is 45.1 Å². The van der Waals surface area contributed by atoms with E-state index < -0.39 is 0 Å². The second-order valence-electron chi connectivity index (χ2n) is 3.10. The Hall–Kier alpha value is -0.360. The molecule has 2 nitrogen and oxygen atoms in total. The highest BCUT2D eigenvalue weighted by Crippen LogP contribution is 2.20. The summed E-state index contributed by atoms with van der Waals surface area (Å²) in [4.78, 5) is 13.6. The van der Waals surface area contributed by atoms with E-state index in [-0.39, 0.29) is 5.91 Å². The zero-order chi connectivity index (χ0) is 11.4. The van der Waals surface area contributed by atoms with Crippen molar-refractivity contribution in [1.82, 2.24) is 4.90 Å². The molecule has 0 N–H and O–H groups in total. The molecule has 15 heavy (non-hydrogen) atoms. The molecule has 0 aromatic heterocycles. The van der Waals surface area contributed by atoms with Gasteiger partial charge in [-0.3, -0.25) is 4.79 Å². The van der Waals surface area contributed by atoms with Crippen LogP contribution < -0.4 is 0 Å². The van der Waals surface area contributed by atoms with E-state index in [1.54, 1.807) is 18.0 Å². The molecular weight excluding hydrogens is 369 g/mol. The van der Waals surface area contributed by atoms with Gasteiger partial charge in [-0.25, -0.2) is 0 Å². The van der Waals surface area contributed by atoms with Crippen molar-refractivity contribution in [1.29, 1.82) is 0 Å². The molecule has 1 aromatic carbocycles. The normalized spacial score (nSPS) is 9.80. The molecule has 0 aliphatic carbocycles. The molecule has 0 fully saturated rings. The topological polar surface area (TPSA) is 20.3 Å². The monoisotopic (exact) mass is 379 g/mol. The number of carbonyl (C=O) groups is 1. The summed E-state index contributed by atoms with van der Waals surface area (Å²) in [5, 5.41) is 0. The van der Waals surface area contributed by atoms with Crippen molar-refractivity contribution in [3.63, 3.8) is 0 Å². The maximum atomic E-state index is 12.0. The third-order valence-corrected chi connectivity index (χ3v) is 3.27. The Balaban J connectivity index is 2.99. The summed E-state index contributed by atoms with van der Waals surface area (Å²) in [6, 6.07) is 5.71. The maximum absolute atomic E-state index is 12.0. The number of likely N-dealkylation sites (N-methyl/N-ethyl adjacent to an activating group) is 1. The van der Waals surface area contributed by atoms with Crippen LogP contribution >= 0.6 is 38.5 Å². The van der Waals surface area contributed by atoms with Gasteiger partial charge in [0.25, 0.3) is 5.91 Å². The maximum Gasteiger partial charge on any atom is 0.255 e. The van der Waals surface area contributed by atoms with Crippen LogP contribution in [0.25, 0.3) is 0 Å². The molecule has 1 aromatic rings. The van der Waals surface area contributed by atoms with Gasteiger partial charge in [0.05, 0.1) is 5.56 Å². The Bertz CT molecular complexity index is 392. The Morgan fingerprint density at radius 2 is 2.33 bits per heavy atom. The number of halogens is 2. The first-order valence-corrected chi connectivity index (χ1v) is 6.25. The lowest BCUT2D eigenvalue weighted by molar-refractivity contribution is 0.0809. The van der Waals surface area contributed by atoms with Crippen molar-refractivity contribution in [2.45, 2.75) is 0 Å². The predicted molar refractivity (Wildman–Crippen MR) is 74.0 cm³/mol. The first-order chi connectivity index (χ1) is 7.06. The molecule has 1 amide bonds. The molecule has 0 aliphatic rings. The van der Waals surface area contributed by atoms with Crippen molar-refractivity contribution in [3.05, 3.63) is 44.5 Å². The van der Waals surface area contributed by atoms with Crippen LogP contribution in [0.2, 0.25) is 0 Å². The van der Waals surface area contributed by atoms with E-state index in [1.807, 2.05) is 18.2 Å². The zero-order valence-corrected chi connectivity index (χ0v) is 12.1. The van der Waals surface area contributed by atoms with Crippen LogP contribution in [0.15, 0.2) is 35.3 Å².